The van der Waals surface area contributed by atoms with Crippen LogP contribution >= 0.6 is 0 Å². The maximum absolute atomic E-state index is 12.7. The highest BCUT2D eigenvalue weighted by Crippen LogP contribution is 2.19. The lowest BCUT2D eigenvalue weighted by molar-refractivity contribution is -0.135. The van der Waals surface area contributed by atoms with Gasteiger partial charge in [0.15, 0.2) is 0 Å². The van der Waals surface area contributed by atoms with E-state index in [0.717, 1.165) is 57.7 Å². The van der Waals surface area contributed by atoms with Crippen molar-refractivity contribution in [1.82, 2.24) is 14.7 Å². The molecule has 2 saturated heterocycles. The Balaban J connectivity index is 1.54. The molecule has 7 nitrogen and oxygen atoms in total. The lowest BCUT2D eigenvalue weighted by Crippen LogP contribution is -2.45. The molecule has 2 fully saturated rings. The third-order valence-corrected chi connectivity index (χ3v) is 5.13. The summed E-state index contributed by atoms with van der Waals surface area (Å²) in [6.45, 7) is 4.94. The molecule has 3 rings (SSSR count). The number of methoxy groups -OCH3 is 1. The van der Waals surface area contributed by atoms with Crippen LogP contribution in [0.25, 0.3) is 0 Å². The van der Waals surface area contributed by atoms with Crippen molar-refractivity contribution in [3.8, 4) is 0 Å². The van der Waals surface area contributed by atoms with Gasteiger partial charge in [-0.1, -0.05) is 0 Å². The summed E-state index contributed by atoms with van der Waals surface area (Å²) in [6.07, 6.45) is 3.03. The smallest absolute Gasteiger partial charge is 0.373 e. The monoisotopic (exact) mass is 349 g/mol. The van der Waals surface area contributed by atoms with Gasteiger partial charge >= 0.3 is 5.97 Å². The van der Waals surface area contributed by atoms with E-state index < -0.39 is 5.97 Å². The molecule has 138 valence electrons. The van der Waals surface area contributed by atoms with Gasteiger partial charge in [-0.15, -0.1) is 0 Å². The summed E-state index contributed by atoms with van der Waals surface area (Å²) in [5, 5.41) is 0. The van der Waals surface area contributed by atoms with Crippen LogP contribution in [-0.2, 0) is 16.1 Å². The second kappa shape index (κ2) is 8.01. The normalized spacial score (nSPS) is 22.8. The highest BCUT2D eigenvalue weighted by molar-refractivity contribution is 5.86. The van der Waals surface area contributed by atoms with E-state index >= 15 is 0 Å². The molecule has 1 aromatic heterocycles. The Labute approximate surface area is 148 Å². The number of likely N-dealkylation sites (N-methyl/N-ethyl adjacent to an activating group) is 1. The molecule has 0 bridgehead atoms. The number of furan rings is 1. The number of ether oxygens (including phenoxy) is 1. The molecule has 0 N–H and O–H groups in total. The quantitative estimate of drug-likeness (QED) is 0.761. The van der Waals surface area contributed by atoms with Crippen LogP contribution in [0.2, 0.25) is 0 Å². The number of carbonyl (C=O) groups excluding carboxylic acids is 2. The zero-order valence-corrected chi connectivity index (χ0v) is 15.1. The van der Waals surface area contributed by atoms with Crippen molar-refractivity contribution in [2.75, 3.05) is 46.9 Å². The summed E-state index contributed by atoms with van der Waals surface area (Å²) >= 11 is 0. The summed E-state index contributed by atoms with van der Waals surface area (Å²) < 4.78 is 10.2. The minimum absolute atomic E-state index is 0.0549. The molecule has 2 aliphatic rings. The lowest BCUT2D eigenvalue weighted by atomic mass is 10.2. The van der Waals surface area contributed by atoms with E-state index in [9.17, 15) is 9.59 Å². The number of esters is 1. The molecule has 0 aliphatic carbocycles. The highest BCUT2D eigenvalue weighted by Gasteiger charge is 2.32. The minimum Gasteiger partial charge on any atom is -0.463 e. The van der Waals surface area contributed by atoms with Crippen molar-refractivity contribution in [3.63, 3.8) is 0 Å². The topological polar surface area (TPSA) is 66.2 Å². The van der Waals surface area contributed by atoms with Gasteiger partial charge in [0.25, 0.3) is 0 Å². The van der Waals surface area contributed by atoms with Gasteiger partial charge in [0, 0.05) is 26.2 Å². The number of amides is 1. The van der Waals surface area contributed by atoms with Gasteiger partial charge in [-0.25, -0.2) is 4.79 Å². The van der Waals surface area contributed by atoms with Crippen LogP contribution in [0.4, 0.5) is 0 Å². The molecule has 0 radical (unpaired) electrons. The Morgan fingerprint density at radius 2 is 2.00 bits per heavy atom. The summed E-state index contributed by atoms with van der Waals surface area (Å²) in [7, 11) is 3.38. The Kier molecular flexibility index (Phi) is 5.75. The molecule has 1 aromatic rings. The molecule has 0 aromatic carbocycles. The largest absolute Gasteiger partial charge is 0.463 e. The Morgan fingerprint density at radius 1 is 1.16 bits per heavy atom. The molecule has 1 amide bonds. The predicted octanol–water partition coefficient (Wildman–Crippen LogP) is 1.19. The van der Waals surface area contributed by atoms with Crippen LogP contribution in [0, 0.1) is 0 Å². The van der Waals surface area contributed by atoms with Gasteiger partial charge < -0.3 is 14.1 Å². The Bertz CT molecular complexity index is 615. The van der Waals surface area contributed by atoms with Gasteiger partial charge in [0.1, 0.15) is 5.76 Å². The second-order valence-corrected chi connectivity index (χ2v) is 6.85. The first-order chi connectivity index (χ1) is 12.1. The zero-order valence-electron chi connectivity index (χ0n) is 15.1. The minimum atomic E-state index is -0.459. The average molecular weight is 349 g/mol. The highest BCUT2D eigenvalue weighted by atomic mass is 16.5. The van der Waals surface area contributed by atoms with E-state index in [1.807, 2.05) is 18.0 Å². The van der Waals surface area contributed by atoms with Crippen molar-refractivity contribution in [3.05, 3.63) is 23.7 Å². The standard InChI is InChI=1S/C18H27N3O4/c1-19-8-3-5-15(19)17(22)21-10-4-9-20(11-12-21)13-14-6-7-16(25-14)18(23)24-2/h6-7,15H,3-5,8-13H2,1-2H3. The van der Waals surface area contributed by atoms with Gasteiger partial charge in [0.2, 0.25) is 11.7 Å². The van der Waals surface area contributed by atoms with Crippen LogP contribution in [0.5, 0.6) is 0 Å². The van der Waals surface area contributed by atoms with Gasteiger partial charge in [-0.05, 0) is 45.0 Å². The number of hydrogen-bond donors (Lipinski definition) is 0. The van der Waals surface area contributed by atoms with Crippen molar-refractivity contribution in [2.45, 2.75) is 31.8 Å². The van der Waals surface area contributed by atoms with Gasteiger partial charge in [0.05, 0.1) is 19.7 Å². The fraction of sp³-hybridized carbons (Fsp3) is 0.667. The van der Waals surface area contributed by atoms with Crippen LogP contribution in [0.1, 0.15) is 35.6 Å². The van der Waals surface area contributed by atoms with Crippen LogP contribution in [-0.4, -0.2) is 79.5 Å². The molecular weight excluding hydrogens is 322 g/mol. The second-order valence-electron chi connectivity index (χ2n) is 6.85. The molecular formula is C18H27N3O4. The Hall–Kier alpha value is -1.86. The molecule has 25 heavy (non-hydrogen) atoms. The average Bonchev–Trinajstić information content (AvgIpc) is 3.18. The molecule has 1 unspecified atom stereocenters. The fourth-order valence-electron chi connectivity index (χ4n) is 3.68. The first-order valence-corrected chi connectivity index (χ1v) is 8.97. The maximum Gasteiger partial charge on any atom is 0.373 e. The van der Waals surface area contributed by atoms with E-state index in [1.54, 1.807) is 6.07 Å². The van der Waals surface area contributed by atoms with Gasteiger partial charge in [-0.3, -0.25) is 14.6 Å². The van der Waals surface area contributed by atoms with E-state index in [-0.39, 0.29) is 17.7 Å². The molecule has 0 spiro atoms. The van der Waals surface area contributed by atoms with Gasteiger partial charge in [-0.2, -0.15) is 0 Å². The summed E-state index contributed by atoms with van der Waals surface area (Å²) in [4.78, 5) is 30.6. The SMILES string of the molecule is COC(=O)c1ccc(CN2CCCN(C(=O)C3CCCN3C)CC2)o1. The Morgan fingerprint density at radius 3 is 2.72 bits per heavy atom. The predicted molar refractivity (Wildman–Crippen MR) is 92.2 cm³/mol. The van der Waals surface area contributed by atoms with E-state index in [4.69, 9.17) is 4.42 Å². The van der Waals surface area contributed by atoms with Crippen molar-refractivity contribution in [1.29, 1.82) is 0 Å². The number of likely N-dealkylation sites (tertiary alicyclic amines) is 1. The third-order valence-electron chi connectivity index (χ3n) is 5.13. The molecule has 0 saturated carbocycles. The third kappa shape index (κ3) is 4.22. The van der Waals surface area contributed by atoms with E-state index in [2.05, 4.69) is 14.5 Å². The number of nitrogens with zero attached hydrogens (tertiary/aromatic N) is 3. The van der Waals surface area contributed by atoms with E-state index in [0.29, 0.717) is 6.54 Å². The number of carbonyl (C=O) groups is 2. The maximum atomic E-state index is 12.7. The lowest BCUT2D eigenvalue weighted by Gasteiger charge is -2.27. The van der Waals surface area contributed by atoms with Crippen molar-refractivity contribution in [2.24, 2.45) is 0 Å². The van der Waals surface area contributed by atoms with Crippen LogP contribution in [0.3, 0.4) is 0 Å². The fourth-order valence-corrected chi connectivity index (χ4v) is 3.68. The summed E-state index contributed by atoms with van der Waals surface area (Å²) in [5.74, 6) is 0.788. The number of hydrogen-bond acceptors (Lipinski definition) is 6. The van der Waals surface area contributed by atoms with Crippen molar-refractivity contribution < 1.29 is 18.7 Å². The molecule has 3 heterocycles. The van der Waals surface area contributed by atoms with Crippen molar-refractivity contribution >= 4 is 11.9 Å². The first-order valence-electron chi connectivity index (χ1n) is 8.97. The zero-order chi connectivity index (χ0) is 17.8. The summed E-state index contributed by atoms with van der Waals surface area (Å²) in [6, 6.07) is 3.51. The molecule has 2 aliphatic heterocycles. The van der Waals surface area contributed by atoms with Crippen LogP contribution in [0.15, 0.2) is 16.5 Å². The van der Waals surface area contributed by atoms with E-state index in [1.165, 1.54) is 7.11 Å². The molecule has 1 atom stereocenters. The first kappa shape index (κ1) is 17.9. The molecule has 7 heteroatoms. The van der Waals surface area contributed by atoms with Crippen LogP contribution < -0.4 is 0 Å². The number of rotatable bonds is 4. The summed E-state index contributed by atoms with van der Waals surface area (Å²) in [5.41, 5.74) is 0.